The van der Waals surface area contributed by atoms with E-state index in [4.69, 9.17) is 22.1 Å². The molecule has 0 aliphatic heterocycles. The van der Waals surface area contributed by atoms with Gasteiger partial charge in [0.25, 0.3) is 0 Å². The highest BCUT2D eigenvalue weighted by Crippen LogP contribution is 2.28. The minimum Gasteiger partial charge on any atom is -0.489 e. The van der Waals surface area contributed by atoms with E-state index in [1.54, 1.807) is 18.2 Å². The molecule has 0 aromatic heterocycles. The first kappa shape index (κ1) is 17.8. The highest BCUT2D eigenvalue weighted by molar-refractivity contribution is 6.32. The van der Waals surface area contributed by atoms with Crippen LogP contribution in [-0.4, -0.2) is 18.6 Å². The number of hydrogen-bond acceptors (Lipinski definition) is 3. The zero-order valence-electron chi connectivity index (χ0n) is 13.0. The Labute approximate surface area is 132 Å². The number of hydrogen-bond donors (Lipinski definition) is 2. The zero-order valence-corrected chi connectivity index (χ0v) is 13.7. The lowest BCUT2D eigenvalue weighted by molar-refractivity contribution is -0.116. The minimum absolute atomic E-state index is 0.00698. The first-order valence-electron chi connectivity index (χ1n) is 7.38. The zero-order chi connectivity index (χ0) is 15.8. The Morgan fingerprint density at radius 1 is 1.33 bits per heavy atom. The summed E-state index contributed by atoms with van der Waals surface area (Å²) in [5.74, 6) is 1.08. The average molecular weight is 313 g/mol. The van der Waals surface area contributed by atoms with E-state index in [9.17, 15) is 4.79 Å². The van der Waals surface area contributed by atoms with E-state index < -0.39 is 0 Å². The molecule has 1 atom stereocenters. The largest absolute Gasteiger partial charge is 0.489 e. The number of anilines is 1. The molecule has 0 spiro atoms. The Balaban J connectivity index is 2.51. The van der Waals surface area contributed by atoms with Gasteiger partial charge >= 0.3 is 0 Å². The lowest BCUT2D eigenvalue weighted by Crippen LogP contribution is -2.14. The molecule has 0 fully saturated rings. The maximum Gasteiger partial charge on any atom is 0.224 e. The normalized spacial score (nSPS) is 12.3. The van der Waals surface area contributed by atoms with Crippen LogP contribution in [0.2, 0.25) is 5.02 Å². The van der Waals surface area contributed by atoms with Gasteiger partial charge in [0.1, 0.15) is 5.75 Å². The molecular formula is C16H25ClN2O2. The number of rotatable bonds is 8. The summed E-state index contributed by atoms with van der Waals surface area (Å²) in [6.45, 7) is 6.65. The number of carbonyl (C=O) groups excluding carboxylic acids is 1. The number of nitrogens with one attached hydrogen (secondary N) is 1. The van der Waals surface area contributed by atoms with Gasteiger partial charge in [0, 0.05) is 12.1 Å². The molecule has 4 nitrogen and oxygen atoms in total. The maximum atomic E-state index is 11.9. The van der Waals surface area contributed by atoms with Crippen molar-refractivity contribution in [1.82, 2.24) is 0 Å². The molecule has 5 heteroatoms. The van der Waals surface area contributed by atoms with E-state index >= 15 is 0 Å². The molecule has 3 N–H and O–H groups in total. The van der Waals surface area contributed by atoms with Gasteiger partial charge in [-0.05, 0) is 57.4 Å². The number of benzene rings is 1. The van der Waals surface area contributed by atoms with Gasteiger partial charge in [0.2, 0.25) is 5.91 Å². The van der Waals surface area contributed by atoms with Crippen LogP contribution in [0.1, 0.15) is 40.0 Å². The van der Waals surface area contributed by atoms with Gasteiger partial charge < -0.3 is 15.8 Å². The molecule has 1 unspecified atom stereocenters. The number of amides is 1. The van der Waals surface area contributed by atoms with Gasteiger partial charge in [-0.15, -0.1) is 0 Å². The Morgan fingerprint density at radius 2 is 2.05 bits per heavy atom. The first-order chi connectivity index (χ1) is 9.92. The van der Waals surface area contributed by atoms with Crippen LogP contribution in [0.3, 0.4) is 0 Å². The molecule has 1 amide bonds. The molecule has 118 valence electrons. The summed E-state index contributed by atoms with van der Waals surface area (Å²) in [4.78, 5) is 11.9. The van der Waals surface area contributed by atoms with Crippen molar-refractivity contribution in [1.29, 1.82) is 0 Å². The summed E-state index contributed by atoms with van der Waals surface area (Å²) in [6.07, 6.45) is 2.33. The van der Waals surface area contributed by atoms with Crippen molar-refractivity contribution in [2.24, 2.45) is 11.7 Å². The summed E-state index contributed by atoms with van der Waals surface area (Å²) in [5, 5.41) is 3.35. The molecule has 0 saturated heterocycles. The number of carbonyl (C=O) groups is 1. The standard InChI is InChI=1S/C16H25ClN2O2/c1-11(2)21-15-6-5-13(10-14(15)17)19-16(20)7-4-12(3)8-9-18/h5-6,10-12H,4,7-9,18H2,1-3H3,(H,19,20). The quantitative estimate of drug-likeness (QED) is 0.766. The smallest absolute Gasteiger partial charge is 0.224 e. The SMILES string of the molecule is CC(CCN)CCC(=O)Nc1ccc(OC(C)C)c(Cl)c1. The Bertz CT molecular complexity index is 464. The summed E-state index contributed by atoms with van der Waals surface area (Å²) in [6, 6.07) is 5.28. The second kappa shape index (κ2) is 8.90. The monoisotopic (exact) mass is 312 g/mol. The third kappa shape index (κ3) is 6.82. The Hall–Kier alpha value is -1.26. The molecule has 0 saturated carbocycles. The van der Waals surface area contributed by atoms with Gasteiger partial charge in [0.15, 0.2) is 0 Å². The van der Waals surface area contributed by atoms with Crippen LogP contribution in [0, 0.1) is 5.92 Å². The summed E-state index contributed by atoms with van der Waals surface area (Å²) in [5.41, 5.74) is 6.19. The molecular weight excluding hydrogens is 288 g/mol. The van der Waals surface area contributed by atoms with Crippen LogP contribution in [0.4, 0.5) is 5.69 Å². The van der Waals surface area contributed by atoms with Gasteiger partial charge in [-0.25, -0.2) is 0 Å². The highest BCUT2D eigenvalue weighted by Gasteiger charge is 2.09. The van der Waals surface area contributed by atoms with Crippen LogP contribution in [0.15, 0.2) is 18.2 Å². The van der Waals surface area contributed by atoms with Crippen molar-refractivity contribution in [3.05, 3.63) is 23.2 Å². The van der Waals surface area contributed by atoms with Crippen molar-refractivity contribution in [3.8, 4) is 5.75 Å². The molecule has 0 radical (unpaired) electrons. The van der Waals surface area contributed by atoms with Crippen LogP contribution in [-0.2, 0) is 4.79 Å². The number of halogens is 1. The minimum atomic E-state index is -0.00698. The fourth-order valence-corrected chi connectivity index (χ4v) is 2.18. The third-order valence-electron chi connectivity index (χ3n) is 3.10. The molecule has 21 heavy (non-hydrogen) atoms. The second-order valence-electron chi connectivity index (χ2n) is 5.58. The fraction of sp³-hybridized carbons (Fsp3) is 0.562. The van der Waals surface area contributed by atoms with Crippen molar-refractivity contribution in [3.63, 3.8) is 0 Å². The van der Waals surface area contributed by atoms with E-state index in [-0.39, 0.29) is 12.0 Å². The lowest BCUT2D eigenvalue weighted by Gasteiger charge is -2.13. The molecule has 0 bridgehead atoms. The van der Waals surface area contributed by atoms with Crippen LogP contribution in [0.25, 0.3) is 0 Å². The van der Waals surface area contributed by atoms with E-state index in [2.05, 4.69) is 12.2 Å². The topological polar surface area (TPSA) is 64.4 Å². The summed E-state index contributed by atoms with van der Waals surface area (Å²) < 4.78 is 5.55. The van der Waals surface area contributed by atoms with Crippen LogP contribution < -0.4 is 15.8 Å². The summed E-state index contributed by atoms with van der Waals surface area (Å²) in [7, 11) is 0. The fourth-order valence-electron chi connectivity index (χ4n) is 1.96. The summed E-state index contributed by atoms with van der Waals surface area (Å²) >= 11 is 6.14. The predicted molar refractivity (Wildman–Crippen MR) is 87.9 cm³/mol. The molecule has 0 aliphatic rings. The second-order valence-corrected chi connectivity index (χ2v) is 5.99. The van der Waals surface area contributed by atoms with Gasteiger partial charge in [-0.2, -0.15) is 0 Å². The highest BCUT2D eigenvalue weighted by atomic mass is 35.5. The van der Waals surface area contributed by atoms with E-state index in [1.807, 2.05) is 13.8 Å². The van der Waals surface area contributed by atoms with Gasteiger partial charge in [-0.3, -0.25) is 4.79 Å². The van der Waals surface area contributed by atoms with Crippen molar-refractivity contribution < 1.29 is 9.53 Å². The third-order valence-corrected chi connectivity index (χ3v) is 3.40. The van der Waals surface area contributed by atoms with Gasteiger partial charge in [0.05, 0.1) is 11.1 Å². The Kier molecular flexibility index (Phi) is 7.54. The molecule has 1 aromatic rings. The van der Waals surface area contributed by atoms with Crippen molar-refractivity contribution in [2.75, 3.05) is 11.9 Å². The average Bonchev–Trinajstić information content (AvgIpc) is 2.39. The lowest BCUT2D eigenvalue weighted by atomic mass is 10.0. The van der Waals surface area contributed by atoms with Crippen molar-refractivity contribution in [2.45, 2.75) is 46.1 Å². The van der Waals surface area contributed by atoms with E-state index in [0.717, 1.165) is 12.8 Å². The van der Waals surface area contributed by atoms with Crippen LogP contribution in [0.5, 0.6) is 5.75 Å². The van der Waals surface area contributed by atoms with E-state index in [0.29, 0.717) is 35.3 Å². The molecule has 1 aromatic carbocycles. The van der Waals surface area contributed by atoms with E-state index in [1.165, 1.54) is 0 Å². The Morgan fingerprint density at radius 3 is 2.62 bits per heavy atom. The predicted octanol–water partition coefficient (Wildman–Crippen LogP) is 3.83. The molecule has 0 aliphatic carbocycles. The molecule has 0 heterocycles. The number of nitrogens with two attached hydrogens (primary N) is 1. The molecule has 1 rings (SSSR count). The first-order valence-corrected chi connectivity index (χ1v) is 7.76. The number of ether oxygens (including phenoxy) is 1. The van der Waals surface area contributed by atoms with Crippen LogP contribution >= 0.6 is 11.6 Å². The maximum absolute atomic E-state index is 11.9. The van der Waals surface area contributed by atoms with Crippen molar-refractivity contribution >= 4 is 23.2 Å². The van der Waals surface area contributed by atoms with Gasteiger partial charge in [-0.1, -0.05) is 18.5 Å².